The molecule has 40 heavy (non-hydrogen) atoms. The summed E-state index contributed by atoms with van der Waals surface area (Å²) in [5.74, 6) is -4.53. The molecule has 0 atom stereocenters. The summed E-state index contributed by atoms with van der Waals surface area (Å²) in [7, 11) is 1.23. The summed E-state index contributed by atoms with van der Waals surface area (Å²) in [4.78, 5) is 28.0. The van der Waals surface area contributed by atoms with E-state index < -0.39 is 23.2 Å². The third-order valence-electron chi connectivity index (χ3n) is 6.17. The minimum atomic E-state index is -3.22. The van der Waals surface area contributed by atoms with Gasteiger partial charge in [-0.3, -0.25) is 4.79 Å². The third-order valence-corrected chi connectivity index (χ3v) is 6.17. The van der Waals surface area contributed by atoms with Crippen LogP contribution in [0, 0.1) is 17.1 Å². The molecule has 0 saturated heterocycles. The minimum Gasteiger partial charge on any atom is -0.481 e. The van der Waals surface area contributed by atoms with Crippen molar-refractivity contribution in [1.82, 2.24) is 19.9 Å². The van der Waals surface area contributed by atoms with Crippen molar-refractivity contribution in [3.05, 3.63) is 89.8 Å². The van der Waals surface area contributed by atoms with Crippen LogP contribution in [0.25, 0.3) is 33.4 Å². The van der Waals surface area contributed by atoms with E-state index >= 15 is 4.39 Å². The SMILES string of the molecule is COc1ncc(NC(=O)Cc2ccc(-c3cnc4[nH]c(-c5ccc(C#N)nc5)cc4c3)c(F)c2)cc1C(C)(F)F. The Balaban J connectivity index is 1.32. The second-order valence-corrected chi connectivity index (χ2v) is 9.10. The molecule has 0 spiro atoms. The van der Waals surface area contributed by atoms with E-state index in [1.54, 1.807) is 42.7 Å². The van der Waals surface area contributed by atoms with E-state index in [9.17, 15) is 13.6 Å². The molecule has 2 N–H and O–H groups in total. The average molecular weight is 543 g/mol. The molecule has 1 aromatic carbocycles. The largest absolute Gasteiger partial charge is 0.481 e. The van der Waals surface area contributed by atoms with Crippen molar-refractivity contribution < 1.29 is 22.7 Å². The van der Waals surface area contributed by atoms with Crippen molar-refractivity contribution in [3.8, 4) is 34.3 Å². The molecule has 0 radical (unpaired) electrons. The normalized spacial score (nSPS) is 11.3. The molecule has 1 amide bonds. The number of aromatic amines is 1. The molecule has 8 nitrogen and oxygen atoms in total. The number of rotatable bonds is 7. The molecule has 0 aliphatic carbocycles. The zero-order valence-corrected chi connectivity index (χ0v) is 21.3. The zero-order chi connectivity index (χ0) is 28.4. The number of nitriles is 1. The van der Waals surface area contributed by atoms with E-state index in [-0.39, 0.29) is 18.0 Å². The number of anilines is 1. The number of methoxy groups -OCH3 is 1. The number of alkyl halides is 2. The molecule has 0 saturated carbocycles. The van der Waals surface area contributed by atoms with Gasteiger partial charge in [-0.2, -0.15) is 5.26 Å². The number of nitrogens with one attached hydrogen (secondary N) is 2. The van der Waals surface area contributed by atoms with Crippen molar-refractivity contribution in [3.63, 3.8) is 0 Å². The Morgan fingerprint density at radius 2 is 1.85 bits per heavy atom. The summed E-state index contributed by atoms with van der Waals surface area (Å²) in [5.41, 5.74) is 3.29. The molecule has 4 heterocycles. The average Bonchev–Trinajstić information content (AvgIpc) is 3.36. The first-order valence-electron chi connectivity index (χ1n) is 12.0. The summed E-state index contributed by atoms with van der Waals surface area (Å²) in [6.07, 6.45) is 4.16. The molecule has 0 aliphatic heterocycles. The maximum absolute atomic E-state index is 15.1. The first-order valence-corrected chi connectivity index (χ1v) is 12.0. The Morgan fingerprint density at radius 1 is 1.05 bits per heavy atom. The molecule has 0 bridgehead atoms. The van der Waals surface area contributed by atoms with Crippen LogP contribution in [-0.2, 0) is 17.1 Å². The van der Waals surface area contributed by atoms with Crippen molar-refractivity contribution in [1.29, 1.82) is 5.26 Å². The highest BCUT2D eigenvalue weighted by Crippen LogP contribution is 2.35. The number of pyridine rings is 3. The summed E-state index contributed by atoms with van der Waals surface area (Å²) >= 11 is 0. The summed E-state index contributed by atoms with van der Waals surface area (Å²) in [6, 6.07) is 14.5. The fraction of sp³-hybridized carbons (Fsp3) is 0.138. The van der Waals surface area contributed by atoms with E-state index in [1.165, 1.54) is 19.4 Å². The maximum Gasteiger partial charge on any atom is 0.275 e. The highest BCUT2D eigenvalue weighted by Gasteiger charge is 2.30. The van der Waals surface area contributed by atoms with Crippen LogP contribution in [0.2, 0.25) is 0 Å². The number of amides is 1. The predicted molar refractivity (Wildman–Crippen MR) is 142 cm³/mol. The number of ether oxygens (including phenoxy) is 1. The Morgan fingerprint density at radius 3 is 2.52 bits per heavy atom. The first kappa shape index (κ1) is 26.4. The molecule has 4 aromatic heterocycles. The van der Waals surface area contributed by atoms with Gasteiger partial charge in [-0.25, -0.2) is 28.1 Å². The van der Waals surface area contributed by atoms with Gasteiger partial charge >= 0.3 is 0 Å². The lowest BCUT2D eigenvalue weighted by molar-refractivity contribution is -0.115. The predicted octanol–water partition coefficient (Wildman–Crippen LogP) is 6.00. The van der Waals surface area contributed by atoms with E-state index in [1.807, 2.05) is 12.1 Å². The quantitative estimate of drug-likeness (QED) is 0.261. The van der Waals surface area contributed by atoms with Gasteiger partial charge in [0.25, 0.3) is 5.92 Å². The van der Waals surface area contributed by atoms with Gasteiger partial charge in [-0.15, -0.1) is 0 Å². The van der Waals surface area contributed by atoms with Gasteiger partial charge < -0.3 is 15.0 Å². The van der Waals surface area contributed by atoms with Crippen LogP contribution in [0.5, 0.6) is 5.88 Å². The van der Waals surface area contributed by atoms with Gasteiger partial charge in [0, 0.05) is 47.1 Å². The number of aromatic nitrogens is 4. The second-order valence-electron chi connectivity index (χ2n) is 9.10. The van der Waals surface area contributed by atoms with Crippen LogP contribution in [0.15, 0.2) is 67.1 Å². The molecule has 5 rings (SSSR count). The van der Waals surface area contributed by atoms with Gasteiger partial charge in [-0.1, -0.05) is 12.1 Å². The van der Waals surface area contributed by atoms with Gasteiger partial charge in [-0.05, 0) is 42.0 Å². The lowest BCUT2D eigenvalue weighted by Gasteiger charge is -2.15. The van der Waals surface area contributed by atoms with Crippen LogP contribution in [0.4, 0.5) is 18.9 Å². The Kier molecular flexibility index (Phi) is 6.92. The van der Waals surface area contributed by atoms with Crippen LogP contribution < -0.4 is 10.1 Å². The molecule has 11 heteroatoms. The van der Waals surface area contributed by atoms with Crippen LogP contribution in [0.1, 0.15) is 23.7 Å². The fourth-order valence-corrected chi connectivity index (χ4v) is 4.23. The monoisotopic (exact) mass is 542 g/mol. The topological polar surface area (TPSA) is 117 Å². The summed E-state index contributed by atoms with van der Waals surface area (Å²) < 4.78 is 47.8. The number of hydrogen-bond acceptors (Lipinski definition) is 6. The Hall–Kier alpha value is -5.24. The van der Waals surface area contributed by atoms with E-state index in [2.05, 4.69) is 25.3 Å². The van der Waals surface area contributed by atoms with E-state index in [0.29, 0.717) is 35.0 Å². The first-order chi connectivity index (χ1) is 19.1. The number of hydrogen-bond donors (Lipinski definition) is 2. The second kappa shape index (κ2) is 10.5. The minimum absolute atomic E-state index is 0.0708. The molecular weight excluding hydrogens is 521 g/mol. The number of carbonyl (C=O) groups excluding carboxylic acids is 1. The van der Waals surface area contributed by atoms with Crippen molar-refractivity contribution >= 4 is 22.6 Å². The zero-order valence-electron chi connectivity index (χ0n) is 21.3. The molecule has 200 valence electrons. The van der Waals surface area contributed by atoms with Crippen LogP contribution in [0.3, 0.4) is 0 Å². The smallest absolute Gasteiger partial charge is 0.275 e. The van der Waals surface area contributed by atoms with Crippen molar-refractivity contribution in [2.75, 3.05) is 12.4 Å². The fourth-order valence-electron chi connectivity index (χ4n) is 4.23. The van der Waals surface area contributed by atoms with Gasteiger partial charge in [0.15, 0.2) is 0 Å². The maximum atomic E-state index is 15.1. The number of nitrogens with zero attached hydrogens (tertiary/aromatic N) is 4. The number of carbonyl (C=O) groups is 1. The standard InChI is InChI=1S/C29H21F3N6O2/c1-29(31,32)23-11-21(15-36-28(23)40-2)37-26(39)8-16-3-6-22(24(30)7-16)19-9-18-10-25(38-27(18)35-14-19)17-4-5-20(12-33)34-13-17/h3-7,9-11,13-15H,8H2,1-2H3,(H,35,38)(H,37,39). The lowest BCUT2D eigenvalue weighted by Crippen LogP contribution is -2.16. The van der Waals surface area contributed by atoms with Crippen molar-refractivity contribution in [2.45, 2.75) is 19.3 Å². The van der Waals surface area contributed by atoms with E-state index in [0.717, 1.165) is 22.7 Å². The summed E-state index contributed by atoms with van der Waals surface area (Å²) in [5, 5.41) is 12.2. The van der Waals surface area contributed by atoms with Crippen LogP contribution in [-0.4, -0.2) is 33.0 Å². The molecule has 5 aromatic rings. The number of fused-ring (bicyclic) bond motifs is 1. The lowest BCUT2D eigenvalue weighted by atomic mass is 10.0. The van der Waals surface area contributed by atoms with Gasteiger partial charge in [0.2, 0.25) is 11.8 Å². The molecule has 0 aliphatic rings. The molecule has 0 fully saturated rings. The highest BCUT2D eigenvalue weighted by molar-refractivity contribution is 5.92. The number of benzene rings is 1. The van der Waals surface area contributed by atoms with Gasteiger partial charge in [0.1, 0.15) is 23.2 Å². The van der Waals surface area contributed by atoms with Crippen molar-refractivity contribution in [2.24, 2.45) is 0 Å². The Bertz CT molecular complexity index is 1770. The third kappa shape index (κ3) is 5.47. The number of H-pyrrole nitrogens is 1. The van der Waals surface area contributed by atoms with E-state index in [4.69, 9.17) is 10.00 Å². The highest BCUT2D eigenvalue weighted by atomic mass is 19.3. The molecule has 0 unspecified atom stereocenters. The summed E-state index contributed by atoms with van der Waals surface area (Å²) in [6.45, 7) is 0.706. The Labute approximate surface area is 226 Å². The number of halogens is 3. The van der Waals surface area contributed by atoms with Crippen LogP contribution >= 0.6 is 0 Å². The molecular formula is C29H21F3N6O2. The van der Waals surface area contributed by atoms with Gasteiger partial charge in [0.05, 0.1) is 31.0 Å².